The number of aliphatic hydroxyl groups is 5. The number of rotatable bonds is 1. The highest BCUT2D eigenvalue weighted by molar-refractivity contribution is 6.27. The molecule has 0 unspecified atom stereocenters. The first-order valence-electron chi connectivity index (χ1n) is 4.67. The van der Waals surface area contributed by atoms with Crippen LogP contribution >= 0.6 is 0 Å². The molecule has 10 heteroatoms. The quantitative estimate of drug-likeness (QED) is 0.231. The average molecular weight is 270 g/mol. The Labute approximate surface area is 100 Å². The van der Waals surface area contributed by atoms with Gasteiger partial charge in [0, 0.05) is 0 Å². The van der Waals surface area contributed by atoms with Crippen molar-refractivity contribution < 1.29 is 50.1 Å². The maximum atomic E-state index is 9.12. The largest absolute Gasteiger partial charge is 0.473 e. The van der Waals surface area contributed by atoms with E-state index in [0.29, 0.717) is 0 Å². The van der Waals surface area contributed by atoms with E-state index in [4.69, 9.17) is 45.3 Å². The van der Waals surface area contributed by atoms with Gasteiger partial charge in [0.25, 0.3) is 0 Å². The van der Waals surface area contributed by atoms with E-state index < -0.39 is 49.3 Å². The molecule has 0 aromatic carbocycles. The molecule has 18 heavy (non-hydrogen) atoms. The van der Waals surface area contributed by atoms with Gasteiger partial charge in [-0.05, 0) is 0 Å². The summed E-state index contributed by atoms with van der Waals surface area (Å²) in [6, 6.07) is 0. The molecular formula is C8H14O10. The fourth-order valence-corrected chi connectivity index (χ4v) is 1.08. The molecule has 106 valence electrons. The van der Waals surface area contributed by atoms with Crippen LogP contribution in [-0.2, 0) is 14.3 Å². The zero-order chi connectivity index (χ0) is 14.5. The van der Waals surface area contributed by atoms with Gasteiger partial charge in [-0.15, -0.1) is 0 Å². The molecule has 0 aromatic heterocycles. The number of hydrogen-bond acceptors (Lipinski definition) is 8. The molecule has 0 saturated carbocycles. The predicted octanol–water partition coefficient (Wildman–Crippen LogP) is -4.07. The Balaban J connectivity index is 0.000000411. The summed E-state index contributed by atoms with van der Waals surface area (Å²) in [6.45, 7) is -0.526. The summed E-state index contributed by atoms with van der Waals surface area (Å²) in [5.41, 5.74) is 0. The molecule has 1 aliphatic rings. The number of ether oxygens (including phenoxy) is 1. The number of carboxylic acid groups (broad SMARTS) is 2. The van der Waals surface area contributed by atoms with Gasteiger partial charge in [-0.3, -0.25) is 0 Å². The lowest BCUT2D eigenvalue weighted by molar-refractivity contribution is -0.286. The number of aliphatic hydroxyl groups excluding tert-OH is 5. The van der Waals surface area contributed by atoms with E-state index in [1.165, 1.54) is 0 Å². The summed E-state index contributed by atoms with van der Waals surface area (Å²) < 4.78 is 4.58. The molecule has 0 radical (unpaired) electrons. The molecule has 7 N–H and O–H groups in total. The minimum absolute atomic E-state index is 0.526. The molecule has 1 rings (SSSR count). The van der Waals surface area contributed by atoms with Crippen molar-refractivity contribution in [2.75, 3.05) is 6.61 Å². The van der Waals surface area contributed by atoms with Crippen molar-refractivity contribution in [1.82, 2.24) is 0 Å². The molecule has 0 aliphatic carbocycles. The Bertz CT molecular complexity index is 275. The van der Waals surface area contributed by atoms with E-state index >= 15 is 0 Å². The average Bonchev–Trinajstić information content (AvgIpc) is 2.31. The van der Waals surface area contributed by atoms with Crippen molar-refractivity contribution in [3.8, 4) is 0 Å². The lowest BCUT2D eigenvalue weighted by atomic mass is 10.00. The molecule has 1 heterocycles. The monoisotopic (exact) mass is 270 g/mol. The van der Waals surface area contributed by atoms with E-state index in [2.05, 4.69) is 4.74 Å². The first-order valence-corrected chi connectivity index (χ1v) is 4.67. The second kappa shape index (κ2) is 7.20. The van der Waals surface area contributed by atoms with Crippen LogP contribution in [0.15, 0.2) is 0 Å². The highest BCUT2D eigenvalue weighted by Crippen LogP contribution is 2.18. The van der Waals surface area contributed by atoms with Gasteiger partial charge in [-0.2, -0.15) is 0 Å². The molecule has 1 aliphatic heterocycles. The summed E-state index contributed by atoms with van der Waals surface area (Å²) in [4.78, 5) is 18.2. The Hall–Kier alpha value is -1.30. The molecule has 10 nitrogen and oxygen atoms in total. The summed E-state index contributed by atoms with van der Waals surface area (Å²) in [5, 5.41) is 59.4. The number of hydrogen-bond donors (Lipinski definition) is 7. The Kier molecular flexibility index (Phi) is 6.68. The molecular weight excluding hydrogens is 256 g/mol. The Morgan fingerprint density at radius 2 is 1.33 bits per heavy atom. The van der Waals surface area contributed by atoms with Gasteiger partial charge in [0.2, 0.25) is 0 Å². The first kappa shape index (κ1) is 16.7. The second-order valence-electron chi connectivity index (χ2n) is 3.33. The van der Waals surface area contributed by atoms with Crippen LogP contribution in [0.3, 0.4) is 0 Å². The van der Waals surface area contributed by atoms with Crippen LogP contribution in [0.4, 0.5) is 0 Å². The molecule has 1 saturated heterocycles. The van der Waals surface area contributed by atoms with Gasteiger partial charge in [-0.25, -0.2) is 9.59 Å². The smallest absolute Gasteiger partial charge is 0.414 e. The third kappa shape index (κ3) is 4.52. The van der Waals surface area contributed by atoms with E-state index in [0.717, 1.165) is 0 Å². The van der Waals surface area contributed by atoms with Crippen molar-refractivity contribution in [2.45, 2.75) is 30.7 Å². The fraction of sp³-hybridized carbons (Fsp3) is 0.750. The number of aliphatic carboxylic acids is 2. The lowest BCUT2D eigenvalue weighted by Crippen LogP contribution is -2.58. The third-order valence-corrected chi connectivity index (χ3v) is 2.05. The topological polar surface area (TPSA) is 185 Å². The van der Waals surface area contributed by atoms with Crippen LogP contribution < -0.4 is 0 Å². The van der Waals surface area contributed by atoms with Crippen LogP contribution in [0.2, 0.25) is 0 Å². The van der Waals surface area contributed by atoms with Gasteiger partial charge in [0.15, 0.2) is 6.29 Å². The second-order valence-corrected chi connectivity index (χ2v) is 3.33. The van der Waals surface area contributed by atoms with E-state index in [9.17, 15) is 0 Å². The van der Waals surface area contributed by atoms with Gasteiger partial charge in [-0.1, -0.05) is 0 Å². The van der Waals surface area contributed by atoms with Crippen LogP contribution in [0.25, 0.3) is 0 Å². The minimum Gasteiger partial charge on any atom is -0.473 e. The van der Waals surface area contributed by atoms with Crippen LogP contribution in [0.1, 0.15) is 0 Å². The molecule has 5 atom stereocenters. The van der Waals surface area contributed by atoms with Crippen molar-refractivity contribution in [1.29, 1.82) is 0 Å². The zero-order valence-corrected chi connectivity index (χ0v) is 8.95. The molecule has 1 fully saturated rings. The predicted molar refractivity (Wildman–Crippen MR) is 51.3 cm³/mol. The van der Waals surface area contributed by atoms with E-state index in [1.54, 1.807) is 0 Å². The van der Waals surface area contributed by atoms with E-state index in [-0.39, 0.29) is 0 Å². The normalized spacial score (nSPS) is 35.3. The summed E-state index contributed by atoms with van der Waals surface area (Å²) in [7, 11) is 0. The number of carboxylic acids is 2. The SMILES string of the molecule is O=C(O)C(=O)O.OC[C@H]1O[C@@H](O)[C@@H](O)[C@H](O)[C@H]1O. The van der Waals surface area contributed by atoms with Crippen LogP contribution in [0.5, 0.6) is 0 Å². The van der Waals surface area contributed by atoms with Gasteiger partial charge in [0.1, 0.15) is 24.4 Å². The van der Waals surface area contributed by atoms with Gasteiger partial charge >= 0.3 is 11.9 Å². The molecule has 0 aromatic rings. The maximum Gasteiger partial charge on any atom is 0.414 e. The van der Waals surface area contributed by atoms with Crippen LogP contribution in [0, 0.1) is 0 Å². The summed E-state index contributed by atoms with van der Waals surface area (Å²) in [6.07, 6.45) is -7.04. The minimum atomic E-state index is -1.82. The lowest BCUT2D eigenvalue weighted by Gasteiger charge is -2.37. The van der Waals surface area contributed by atoms with E-state index in [1.807, 2.05) is 0 Å². The van der Waals surface area contributed by atoms with Gasteiger partial charge in [0.05, 0.1) is 6.61 Å². The number of carbonyl (C=O) groups is 2. The van der Waals surface area contributed by atoms with Crippen LogP contribution in [-0.4, -0.2) is 85.0 Å². The highest BCUT2D eigenvalue weighted by atomic mass is 16.6. The Morgan fingerprint density at radius 1 is 0.889 bits per heavy atom. The highest BCUT2D eigenvalue weighted by Gasteiger charge is 2.42. The maximum absolute atomic E-state index is 9.12. The molecule has 0 spiro atoms. The zero-order valence-electron chi connectivity index (χ0n) is 8.95. The standard InChI is InChI=1S/C6H12O6.C2H2O4/c7-1-2-3(8)4(9)5(10)6(11)12-2;3-1(4)2(5)6/h2-11H,1H2;(H,3,4)(H,5,6)/t2-,3+,4-,5+,6-;/m1./s1. The summed E-state index contributed by atoms with van der Waals surface area (Å²) in [5.74, 6) is -3.65. The van der Waals surface area contributed by atoms with Gasteiger partial charge < -0.3 is 40.5 Å². The third-order valence-electron chi connectivity index (χ3n) is 2.05. The molecule has 0 bridgehead atoms. The van der Waals surface area contributed by atoms with Crippen molar-refractivity contribution >= 4 is 11.9 Å². The molecule has 0 amide bonds. The Morgan fingerprint density at radius 3 is 1.67 bits per heavy atom. The van der Waals surface area contributed by atoms with Crippen molar-refractivity contribution in [3.05, 3.63) is 0 Å². The fourth-order valence-electron chi connectivity index (χ4n) is 1.08. The first-order chi connectivity index (χ1) is 8.22. The summed E-state index contributed by atoms with van der Waals surface area (Å²) >= 11 is 0. The van der Waals surface area contributed by atoms with Crippen molar-refractivity contribution in [3.63, 3.8) is 0 Å². The van der Waals surface area contributed by atoms with Crippen molar-refractivity contribution in [2.24, 2.45) is 0 Å².